The van der Waals surface area contributed by atoms with Gasteiger partial charge < -0.3 is 18.6 Å². The van der Waals surface area contributed by atoms with E-state index in [1.54, 1.807) is 0 Å². The highest BCUT2D eigenvalue weighted by Gasteiger charge is 2.20. The zero-order valence-corrected chi connectivity index (χ0v) is 16.3. The summed E-state index contributed by atoms with van der Waals surface area (Å²) < 4.78 is 21.3. The minimum Gasteiger partial charge on any atom is -0.493 e. The summed E-state index contributed by atoms with van der Waals surface area (Å²) in [6.07, 6.45) is 0. The van der Waals surface area contributed by atoms with Gasteiger partial charge in [-0.05, 0) is 26.0 Å². The number of aromatic nitrogens is 3. The molecule has 0 aliphatic carbocycles. The number of rotatable bonds is 6. The Labute approximate surface area is 159 Å². The minimum absolute atomic E-state index is 0.0193. The average Bonchev–Trinajstić information content (AvgIpc) is 3.25. The van der Waals surface area contributed by atoms with Crippen molar-refractivity contribution in [3.63, 3.8) is 0 Å². The topological polar surface area (TPSA) is 109 Å². The summed E-state index contributed by atoms with van der Waals surface area (Å²) in [5.74, 6) is 0.973. The maximum Gasteiger partial charge on any atom is 0.322 e. The summed E-state index contributed by atoms with van der Waals surface area (Å²) in [7, 11) is 4.44. The Bertz CT molecular complexity index is 957. The van der Waals surface area contributed by atoms with Crippen molar-refractivity contribution in [2.75, 3.05) is 26.6 Å². The molecule has 1 N–H and O–H groups in total. The van der Waals surface area contributed by atoms with Crippen LogP contribution in [0.2, 0.25) is 0 Å². The number of methoxy groups -OCH3 is 3. The molecule has 0 saturated carbocycles. The lowest BCUT2D eigenvalue weighted by atomic mass is 10.1. The molecule has 2 heterocycles. The van der Waals surface area contributed by atoms with Crippen molar-refractivity contribution in [2.45, 2.75) is 13.8 Å². The van der Waals surface area contributed by atoms with Gasteiger partial charge in [-0.3, -0.25) is 10.1 Å². The van der Waals surface area contributed by atoms with E-state index in [-0.39, 0.29) is 11.6 Å². The second-order valence-electron chi connectivity index (χ2n) is 5.43. The number of benzene rings is 1. The lowest BCUT2D eigenvalue weighted by Crippen LogP contribution is -2.13. The first-order valence-electron chi connectivity index (χ1n) is 7.86. The van der Waals surface area contributed by atoms with Crippen LogP contribution >= 0.6 is 11.3 Å². The minimum atomic E-state index is -0.457. The van der Waals surface area contributed by atoms with E-state index in [2.05, 4.69) is 20.5 Å². The molecule has 3 rings (SSSR count). The van der Waals surface area contributed by atoms with Gasteiger partial charge in [-0.1, -0.05) is 5.10 Å². The molecule has 0 aliphatic rings. The third-order valence-corrected chi connectivity index (χ3v) is 4.73. The largest absolute Gasteiger partial charge is 0.493 e. The first-order chi connectivity index (χ1) is 13.0. The van der Waals surface area contributed by atoms with E-state index in [1.165, 1.54) is 44.8 Å². The molecule has 10 heteroatoms. The smallest absolute Gasteiger partial charge is 0.322 e. The summed E-state index contributed by atoms with van der Waals surface area (Å²) in [4.78, 5) is 17.7. The molecule has 9 nitrogen and oxygen atoms in total. The van der Waals surface area contributed by atoms with Crippen molar-refractivity contribution in [3.8, 4) is 28.0 Å². The molecule has 0 aliphatic heterocycles. The van der Waals surface area contributed by atoms with E-state index in [0.29, 0.717) is 23.1 Å². The van der Waals surface area contributed by atoms with E-state index in [4.69, 9.17) is 18.6 Å². The summed E-state index contributed by atoms with van der Waals surface area (Å²) in [6, 6.07) is 3.05. The highest BCUT2D eigenvalue weighted by Crippen LogP contribution is 2.38. The van der Waals surface area contributed by atoms with Gasteiger partial charge in [0.05, 0.1) is 32.0 Å². The van der Waals surface area contributed by atoms with Crippen LogP contribution in [0.1, 0.15) is 21.1 Å². The normalized spacial score (nSPS) is 10.6. The number of thiazole rings is 1. The van der Waals surface area contributed by atoms with Crippen molar-refractivity contribution < 1.29 is 23.4 Å². The van der Waals surface area contributed by atoms with Gasteiger partial charge in [0.2, 0.25) is 5.75 Å². The van der Waals surface area contributed by atoms with Gasteiger partial charge in [0, 0.05) is 5.56 Å². The van der Waals surface area contributed by atoms with Gasteiger partial charge >= 0.3 is 6.01 Å². The van der Waals surface area contributed by atoms with Crippen LogP contribution in [-0.4, -0.2) is 42.4 Å². The highest BCUT2D eigenvalue weighted by molar-refractivity contribution is 7.15. The van der Waals surface area contributed by atoms with Crippen LogP contribution in [0.15, 0.2) is 16.5 Å². The number of hydrogen-bond donors (Lipinski definition) is 1. The van der Waals surface area contributed by atoms with E-state index in [1.807, 2.05) is 13.8 Å². The van der Waals surface area contributed by atoms with Crippen LogP contribution in [0.25, 0.3) is 10.8 Å². The van der Waals surface area contributed by atoms with E-state index >= 15 is 0 Å². The molecule has 0 spiro atoms. The van der Waals surface area contributed by atoms with Crippen LogP contribution < -0.4 is 19.5 Å². The van der Waals surface area contributed by atoms with Crippen molar-refractivity contribution in [1.82, 2.24) is 15.2 Å². The van der Waals surface area contributed by atoms with Crippen molar-refractivity contribution in [3.05, 3.63) is 28.4 Å². The summed E-state index contributed by atoms with van der Waals surface area (Å²) in [5.41, 5.74) is 1.08. The summed E-state index contributed by atoms with van der Waals surface area (Å²) >= 11 is 1.44. The zero-order valence-electron chi connectivity index (χ0n) is 15.4. The van der Waals surface area contributed by atoms with E-state index in [0.717, 1.165) is 15.6 Å². The number of carbonyl (C=O) groups is 1. The van der Waals surface area contributed by atoms with Gasteiger partial charge in [-0.25, -0.2) is 4.98 Å². The molecule has 3 aromatic rings. The fourth-order valence-corrected chi connectivity index (χ4v) is 3.32. The van der Waals surface area contributed by atoms with Crippen molar-refractivity contribution >= 4 is 23.3 Å². The van der Waals surface area contributed by atoms with E-state index in [9.17, 15) is 4.79 Å². The molecule has 0 atom stereocenters. The molecule has 0 fully saturated rings. The molecule has 0 unspecified atom stereocenters. The first kappa shape index (κ1) is 18.6. The second-order valence-corrected chi connectivity index (χ2v) is 6.63. The van der Waals surface area contributed by atoms with Gasteiger partial charge in [-0.15, -0.1) is 16.4 Å². The van der Waals surface area contributed by atoms with Crippen LogP contribution in [0.4, 0.5) is 6.01 Å². The Morgan fingerprint density at radius 2 is 1.74 bits per heavy atom. The van der Waals surface area contributed by atoms with Gasteiger partial charge in [0.1, 0.15) is 4.88 Å². The van der Waals surface area contributed by atoms with Crippen LogP contribution in [0.5, 0.6) is 17.2 Å². The lowest BCUT2D eigenvalue weighted by Gasteiger charge is -2.13. The first-order valence-corrected chi connectivity index (χ1v) is 8.67. The molecule has 142 valence electrons. The number of carbonyl (C=O) groups excluding carboxylic acids is 1. The van der Waals surface area contributed by atoms with Crippen LogP contribution in [0.3, 0.4) is 0 Å². The fourth-order valence-electron chi connectivity index (χ4n) is 2.48. The predicted octanol–water partition coefficient (Wildman–Crippen LogP) is 3.09. The van der Waals surface area contributed by atoms with Gasteiger partial charge in [0.25, 0.3) is 11.8 Å². The molecular formula is C17H18N4O5S. The Kier molecular flexibility index (Phi) is 5.26. The quantitative estimate of drug-likeness (QED) is 0.684. The Morgan fingerprint density at radius 3 is 2.26 bits per heavy atom. The summed E-state index contributed by atoms with van der Waals surface area (Å²) in [5, 5.41) is 11.3. The SMILES string of the molecule is COc1cc(C(=O)Nc2nnc(-c3sc(C)nc3C)o2)cc(OC)c1OC. The molecule has 1 amide bonds. The van der Waals surface area contributed by atoms with Crippen LogP contribution in [-0.2, 0) is 0 Å². The van der Waals surface area contributed by atoms with E-state index < -0.39 is 5.91 Å². The molecule has 2 aromatic heterocycles. The third-order valence-electron chi connectivity index (χ3n) is 3.67. The second kappa shape index (κ2) is 7.62. The van der Waals surface area contributed by atoms with Crippen LogP contribution in [0, 0.1) is 13.8 Å². The standard InChI is InChI=1S/C17H18N4O5S/c1-8-14(27-9(2)18-8)16-20-21-17(26-16)19-15(22)10-6-11(23-3)13(25-5)12(7-10)24-4/h6-7H,1-5H3,(H,19,21,22). The molecule has 27 heavy (non-hydrogen) atoms. The number of aryl methyl sites for hydroxylation is 2. The number of hydrogen-bond acceptors (Lipinski definition) is 9. The zero-order chi connectivity index (χ0) is 19.6. The fraction of sp³-hybridized carbons (Fsp3) is 0.294. The van der Waals surface area contributed by atoms with Crippen molar-refractivity contribution in [1.29, 1.82) is 0 Å². The van der Waals surface area contributed by atoms with Crippen molar-refractivity contribution in [2.24, 2.45) is 0 Å². The number of nitrogens with one attached hydrogen (secondary N) is 1. The van der Waals surface area contributed by atoms with Gasteiger partial charge in [-0.2, -0.15) is 0 Å². The predicted molar refractivity (Wildman–Crippen MR) is 98.9 cm³/mol. The molecule has 1 aromatic carbocycles. The molecular weight excluding hydrogens is 372 g/mol. The maximum atomic E-state index is 12.6. The monoisotopic (exact) mass is 390 g/mol. The average molecular weight is 390 g/mol. The number of nitrogens with zero attached hydrogens (tertiary/aromatic N) is 3. The Hall–Kier alpha value is -3.14. The summed E-state index contributed by atoms with van der Waals surface area (Å²) in [6.45, 7) is 3.75. The maximum absolute atomic E-state index is 12.6. The Morgan fingerprint density at radius 1 is 1.07 bits per heavy atom. The van der Waals surface area contributed by atoms with Gasteiger partial charge in [0.15, 0.2) is 11.5 Å². The number of ether oxygens (including phenoxy) is 3. The molecule has 0 radical (unpaired) electrons. The highest BCUT2D eigenvalue weighted by atomic mass is 32.1. The molecule has 0 saturated heterocycles. The number of amides is 1. The number of anilines is 1. The molecule has 0 bridgehead atoms. The third kappa shape index (κ3) is 3.70. The Balaban J connectivity index is 1.85. The lowest BCUT2D eigenvalue weighted by molar-refractivity contribution is 0.102.